The van der Waals surface area contributed by atoms with Crippen LogP contribution in [0.5, 0.6) is 5.75 Å². The molecule has 3 aliphatic heterocycles. The van der Waals surface area contributed by atoms with E-state index in [-0.39, 0.29) is 55.7 Å². The Morgan fingerprint density at radius 1 is 1.10 bits per heavy atom. The normalized spacial score (nSPS) is 22.1. The third-order valence-electron chi connectivity index (χ3n) is 12.1. The number of phenolic OH excluding ortho intramolecular Hbond substituents is 1. The van der Waals surface area contributed by atoms with Crippen molar-refractivity contribution in [1.82, 2.24) is 30.2 Å². The number of pyridine rings is 1. The summed E-state index contributed by atoms with van der Waals surface area (Å²) < 4.78 is 14.2. The average molecular weight is 822 g/mol. The lowest BCUT2D eigenvalue weighted by molar-refractivity contribution is -0.155. The third-order valence-corrected chi connectivity index (χ3v) is 12.1. The van der Waals surface area contributed by atoms with E-state index in [1.165, 1.54) is 9.91 Å². The molecule has 5 N–H and O–H groups in total. The molecule has 0 unspecified atom stereocenters. The number of hydrazine groups is 1. The van der Waals surface area contributed by atoms with Gasteiger partial charge in [0.2, 0.25) is 11.8 Å². The van der Waals surface area contributed by atoms with Gasteiger partial charge in [-0.15, -0.1) is 0 Å². The van der Waals surface area contributed by atoms with Crippen molar-refractivity contribution in [3.63, 3.8) is 0 Å². The number of nitrogens with two attached hydrogens (primary N) is 1. The summed E-state index contributed by atoms with van der Waals surface area (Å²) in [6, 6.07) is 12.4. The second-order valence-electron chi connectivity index (χ2n) is 17.7. The van der Waals surface area contributed by atoms with Gasteiger partial charge in [-0.3, -0.25) is 29.2 Å². The van der Waals surface area contributed by atoms with Crippen LogP contribution in [0.3, 0.4) is 0 Å². The molecule has 0 aliphatic carbocycles. The number of nitrogens with zero attached hydrogens (tertiary/aromatic N) is 4. The van der Waals surface area contributed by atoms with Crippen LogP contribution in [0.15, 0.2) is 54.7 Å². The van der Waals surface area contributed by atoms with E-state index in [0.717, 1.165) is 44.5 Å². The molecule has 60 heavy (non-hydrogen) atoms. The minimum Gasteiger partial charge on any atom is -0.508 e. The van der Waals surface area contributed by atoms with E-state index < -0.39 is 41.3 Å². The average Bonchev–Trinajstić information content (AvgIpc) is 3.71. The fourth-order valence-electron chi connectivity index (χ4n) is 9.16. The Bertz CT molecular complexity index is 2290. The number of likely N-dealkylation sites (tertiary alicyclic amines) is 1. The number of aromatic nitrogens is 2. The first-order valence-corrected chi connectivity index (χ1v) is 21.1. The highest BCUT2D eigenvalue weighted by Crippen LogP contribution is 2.42. The van der Waals surface area contributed by atoms with Crippen LogP contribution in [-0.4, -0.2) is 99.2 Å². The van der Waals surface area contributed by atoms with Crippen molar-refractivity contribution >= 4 is 34.6 Å². The number of hydrogen-bond acceptors (Lipinski definition) is 10. The number of nitrogens with one attached hydrogen (secondary N) is 2. The van der Waals surface area contributed by atoms with Crippen LogP contribution in [-0.2, 0) is 48.0 Å². The number of cyclic esters (lactones) is 1. The number of benzene rings is 2. The lowest BCUT2D eigenvalue weighted by Crippen LogP contribution is -2.62. The molecule has 2 saturated heterocycles. The van der Waals surface area contributed by atoms with Gasteiger partial charge in [0.15, 0.2) is 0 Å². The molecule has 0 spiro atoms. The Morgan fingerprint density at radius 3 is 2.58 bits per heavy atom. The number of aryl methyl sites for hydroxylation is 1. The van der Waals surface area contributed by atoms with E-state index in [1.54, 1.807) is 25.4 Å². The fraction of sp³-hybridized carbons (Fsp3) is 0.500. The van der Waals surface area contributed by atoms with Crippen LogP contribution in [0.2, 0.25) is 0 Å². The molecule has 14 heteroatoms. The minimum absolute atomic E-state index is 0.00636. The van der Waals surface area contributed by atoms with Crippen LogP contribution in [0, 0.1) is 11.3 Å². The predicted octanol–water partition coefficient (Wildman–Crippen LogP) is 5.04. The summed E-state index contributed by atoms with van der Waals surface area (Å²) in [6.45, 7) is 13.3. The van der Waals surface area contributed by atoms with Gasteiger partial charge in [0.1, 0.15) is 23.9 Å². The largest absolute Gasteiger partial charge is 0.508 e. The van der Waals surface area contributed by atoms with E-state index in [1.807, 2.05) is 39.0 Å². The van der Waals surface area contributed by atoms with Gasteiger partial charge >= 0.3 is 5.97 Å². The van der Waals surface area contributed by atoms with Crippen molar-refractivity contribution in [3.8, 4) is 28.1 Å². The Morgan fingerprint density at radius 2 is 1.88 bits per heavy atom. The molecular formula is C46H59N7O7. The van der Waals surface area contributed by atoms with E-state index in [4.69, 9.17) is 20.2 Å². The molecule has 5 heterocycles. The molecule has 2 aromatic heterocycles. The van der Waals surface area contributed by atoms with Crippen molar-refractivity contribution < 1.29 is 33.8 Å². The van der Waals surface area contributed by atoms with E-state index in [9.17, 15) is 24.3 Å². The second kappa shape index (κ2) is 17.3. The number of carbonyl (C=O) groups excluding carboxylic acids is 4. The predicted molar refractivity (Wildman–Crippen MR) is 228 cm³/mol. The van der Waals surface area contributed by atoms with Gasteiger partial charge in [0.25, 0.3) is 5.91 Å². The van der Waals surface area contributed by atoms with Crippen LogP contribution in [0.25, 0.3) is 33.3 Å². The Hall–Kier alpha value is -5.31. The van der Waals surface area contributed by atoms with Crippen LogP contribution in [0.4, 0.5) is 0 Å². The van der Waals surface area contributed by atoms with Crippen LogP contribution in [0.1, 0.15) is 83.7 Å². The zero-order chi connectivity index (χ0) is 43.0. The summed E-state index contributed by atoms with van der Waals surface area (Å²) in [7, 11) is 1.67. The van der Waals surface area contributed by atoms with Crippen molar-refractivity contribution in [2.24, 2.45) is 17.1 Å². The van der Waals surface area contributed by atoms with Gasteiger partial charge in [-0.2, -0.15) is 0 Å². The third kappa shape index (κ3) is 8.63. The highest BCUT2D eigenvalue weighted by molar-refractivity contribution is 5.96. The molecule has 2 aromatic carbocycles. The molecule has 0 radical (unpaired) electrons. The Kier molecular flexibility index (Phi) is 12.4. The summed E-state index contributed by atoms with van der Waals surface area (Å²) in [4.78, 5) is 61.8. The van der Waals surface area contributed by atoms with Crippen LogP contribution >= 0.6 is 0 Å². The minimum atomic E-state index is -1.11. The number of carbonyl (C=O) groups is 4. The van der Waals surface area contributed by atoms with E-state index >= 15 is 0 Å². The highest BCUT2D eigenvalue weighted by Gasteiger charge is 2.41. The standard InChI is InChI=1S/C46H59N7O7/c1-8-51-38-14-13-29-21-34(38)35(42(51)33-11-9-15-48-40(33)27(4)59-7)23-46(5,6)25-60-45(58)36-12-10-16-53(50-36)44(57)37(19-28-17-30(29)20-32(54)18-28)49-43(56)41(26(2)3)52-24-31(47)22-39(52)55/h9,11,13-15,17-18,20-21,26-27,31,36-37,41,50,54H,8,10,12,16,19,22-25,47H2,1-7H3,(H,49,56)/t27-,31+,36-,37-,41-/m0/s1. The molecule has 4 aromatic rings. The molecule has 0 saturated carbocycles. The van der Waals surface area contributed by atoms with Crippen molar-refractivity contribution in [1.29, 1.82) is 0 Å². The SMILES string of the molecule is CCn1c(-c2cccnc2[C@H](C)OC)c2c3cc(ccc31)-c1cc(O)cc(c1)C[C@H](NC(=O)[C@H](C(C)C)N1C[C@H](N)CC1=O)C(=O)N1CCC[C@H](N1)C(=O)OCC(C)(C)C2. The molecule has 5 atom stereocenters. The van der Waals surface area contributed by atoms with Gasteiger partial charge in [-0.1, -0.05) is 39.8 Å². The maximum Gasteiger partial charge on any atom is 0.324 e. The first-order valence-electron chi connectivity index (χ1n) is 21.1. The number of rotatable bonds is 8. The van der Waals surface area contributed by atoms with Gasteiger partial charge in [-0.25, -0.2) is 5.43 Å². The molecule has 6 bridgehead atoms. The number of esters is 1. The Labute approximate surface area is 351 Å². The number of aromatic hydroxyl groups is 1. The van der Waals surface area contributed by atoms with Crippen molar-refractivity contribution in [2.45, 2.75) is 110 Å². The summed E-state index contributed by atoms with van der Waals surface area (Å²) >= 11 is 0. The van der Waals surface area contributed by atoms with E-state index in [0.29, 0.717) is 37.9 Å². The maximum atomic E-state index is 14.5. The molecule has 7 rings (SSSR count). The summed E-state index contributed by atoms with van der Waals surface area (Å²) in [5.41, 5.74) is 15.8. The smallest absolute Gasteiger partial charge is 0.324 e. The number of phenols is 1. The van der Waals surface area contributed by atoms with Gasteiger partial charge in [-0.05, 0) is 97.7 Å². The monoisotopic (exact) mass is 821 g/mol. The molecule has 3 aliphatic rings. The lowest BCUT2D eigenvalue weighted by atomic mass is 9.84. The molecular weight excluding hydrogens is 763 g/mol. The first-order chi connectivity index (χ1) is 28.6. The fourth-order valence-corrected chi connectivity index (χ4v) is 9.16. The lowest BCUT2D eigenvalue weighted by Gasteiger charge is -2.36. The van der Waals surface area contributed by atoms with Gasteiger partial charge in [0.05, 0.1) is 24.1 Å². The van der Waals surface area contributed by atoms with E-state index in [2.05, 4.69) is 54.3 Å². The highest BCUT2D eigenvalue weighted by atomic mass is 16.5. The topological polar surface area (TPSA) is 181 Å². The summed E-state index contributed by atoms with van der Waals surface area (Å²) in [6.07, 6.45) is 3.22. The number of ether oxygens (including phenoxy) is 2. The molecule has 2 fully saturated rings. The molecule has 14 nitrogen and oxygen atoms in total. The van der Waals surface area contributed by atoms with Gasteiger partial charge < -0.3 is 35.1 Å². The van der Waals surface area contributed by atoms with Gasteiger partial charge in [0, 0.05) is 73.7 Å². The van der Waals surface area contributed by atoms with Crippen molar-refractivity contribution in [3.05, 3.63) is 71.5 Å². The first kappa shape index (κ1) is 42.8. The summed E-state index contributed by atoms with van der Waals surface area (Å²) in [5.74, 6) is -1.87. The number of methoxy groups -OCH3 is 1. The number of hydrogen-bond donors (Lipinski definition) is 4. The molecule has 3 amide bonds. The zero-order valence-corrected chi connectivity index (χ0v) is 35.8. The molecule has 320 valence electrons. The Balaban J connectivity index is 1.37. The number of amides is 3. The second-order valence-corrected chi connectivity index (χ2v) is 17.7. The zero-order valence-electron chi connectivity index (χ0n) is 35.8. The van der Waals surface area contributed by atoms with Crippen molar-refractivity contribution in [2.75, 3.05) is 26.8 Å². The summed E-state index contributed by atoms with van der Waals surface area (Å²) in [5, 5.41) is 16.6. The van der Waals surface area contributed by atoms with Crippen LogP contribution < -0.4 is 16.5 Å². The maximum absolute atomic E-state index is 14.5. The number of fused-ring (bicyclic) bond motifs is 6. The quantitative estimate of drug-likeness (QED) is 0.176.